The molecule has 0 fully saturated rings. The fourth-order valence-corrected chi connectivity index (χ4v) is 2.06. The molecule has 2 aromatic rings. The zero-order valence-corrected chi connectivity index (χ0v) is 13.1. The van der Waals surface area contributed by atoms with Gasteiger partial charge in [-0.1, -0.05) is 38.0 Å². The average molecular weight is 298 g/mol. The summed E-state index contributed by atoms with van der Waals surface area (Å²) in [4.78, 5) is 20.7. The van der Waals surface area contributed by atoms with E-state index >= 15 is 0 Å². The maximum absolute atomic E-state index is 12.1. The maximum Gasteiger partial charge on any atom is 0.270 e. The van der Waals surface area contributed by atoms with Crippen LogP contribution in [0.5, 0.6) is 0 Å². The van der Waals surface area contributed by atoms with Crippen LogP contribution in [0.15, 0.2) is 36.4 Å². The van der Waals surface area contributed by atoms with Crippen LogP contribution in [-0.4, -0.2) is 22.4 Å². The van der Waals surface area contributed by atoms with E-state index in [0.717, 1.165) is 30.6 Å². The highest BCUT2D eigenvalue weighted by atomic mass is 16.1. The van der Waals surface area contributed by atoms with Gasteiger partial charge in [0.25, 0.3) is 5.91 Å². The third kappa shape index (κ3) is 4.84. The summed E-state index contributed by atoms with van der Waals surface area (Å²) < 4.78 is 0. The van der Waals surface area contributed by atoms with E-state index in [9.17, 15) is 4.79 Å². The molecule has 1 amide bonds. The van der Waals surface area contributed by atoms with Gasteiger partial charge in [-0.3, -0.25) is 4.79 Å². The molecule has 0 spiro atoms. The molecule has 5 heteroatoms. The molecule has 0 atom stereocenters. The number of hydrogen-bond donors (Lipinski definition) is 2. The number of amides is 1. The summed E-state index contributed by atoms with van der Waals surface area (Å²) in [5, 5.41) is 6.01. The van der Waals surface area contributed by atoms with Crippen LogP contribution < -0.4 is 10.6 Å². The topological polar surface area (TPSA) is 66.9 Å². The molecule has 0 saturated carbocycles. The van der Waals surface area contributed by atoms with E-state index in [0.29, 0.717) is 18.2 Å². The van der Waals surface area contributed by atoms with E-state index in [1.165, 1.54) is 0 Å². The van der Waals surface area contributed by atoms with Gasteiger partial charge in [-0.05, 0) is 31.5 Å². The summed E-state index contributed by atoms with van der Waals surface area (Å²) >= 11 is 0. The van der Waals surface area contributed by atoms with E-state index in [1.54, 1.807) is 6.07 Å². The highest BCUT2D eigenvalue weighted by Gasteiger charge is 2.10. The fourth-order valence-electron chi connectivity index (χ4n) is 2.06. The first-order chi connectivity index (χ1) is 10.7. The van der Waals surface area contributed by atoms with Crippen molar-refractivity contribution in [2.45, 2.75) is 33.1 Å². The summed E-state index contributed by atoms with van der Waals surface area (Å²) in [6.07, 6.45) is 3.24. The number of hydrogen-bond acceptors (Lipinski definition) is 4. The number of aryl methyl sites for hydroxylation is 1. The lowest BCUT2D eigenvalue weighted by atomic mass is 10.2. The Kier molecular flexibility index (Phi) is 5.89. The van der Waals surface area contributed by atoms with Gasteiger partial charge in [0.1, 0.15) is 5.69 Å². The van der Waals surface area contributed by atoms with Gasteiger partial charge in [0.05, 0.1) is 0 Å². The van der Waals surface area contributed by atoms with Gasteiger partial charge in [-0.2, -0.15) is 0 Å². The average Bonchev–Trinajstić information content (AvgIpc) is 2.52. The van der Waals surface area contributed by atoms with Gasteiger partial charge in [0.15, 0.2) is 0 Å². The van der Waals surface area contributed by atoms with Crippen molar-refractivity contribution in [1.82, 2.24) is 15.3 Å². The number of benzene rings is 1. The molecule has 0 aliphatic heterocycles. The molecule has 22 heavy (non-hydrogen) atoms. The lowest BCUT2D eigenvalue weighted by Gasteiger charge is -2.08. The second-order valence-electron chi connectivity index (χ2n) is 5.17. The van der Waals surface area contributed by atoms with Gasteiger partial charge in [-0.25, -0.2) is 9.97 Å². The number of nitrogens with zero attached hydrogens (tertiary/aromatic N) is 2. The van der Waals surface area contributed by atoms with Crippen LogP contribution in [0.2, 0.25) is 0 Å². The number of aromatic nitrogens is 2. The van der Waals surface area contributed by atoms with Crippen LogP contribution in [0, 0.1) is 6.92 Å². The van der Waals surface area contributed by atoms with Crippen LogP contribution in [0.25, 0.3) is 0 Å². The minimum atomic E-state index is -0.155. The predicted molar refractivity (Wildman–Crippen MR) is 88.4 cm³/mol. The Morgan fingerprint density at radius 1 is 1.14 bits per heavy atom. The summed E-state index contributed by atoms with van der Waals surface area (Å²) in [6.45, 7) is 4.67. The number of anilines is 2. The Morgan fingerprint density at radius 2 is 1.91 bits per heavy atom. The minimum absolute atomic E-state index is 0.155. The smallest absolute Gasteiger partial charge is 0.270 e. The zero-order chi connectivity index (χ0) is 15.8. The molecule has 0 saturated heterocycles. The SMILES string of the molecule is CCCCCNC(=O)c1cc(C)nc(Nc2ccccc2)n1. The van der Waals surface area contributed by atoms with Crippen molar-refractivity contribution < 1.29 is 4.79 Å². The zero-order valence-electron chi connectivity index (χ0n) is 13.1. The maximum atomic E-state index is 12.1. The quantitative estimate of drug-likeness (QED) is 0.768. The van der Waals surface area contributed by atoms with E-state index < -0.39 is 0 Å². The molecule has 2 rings (SSSR count). The predicted octanol–water partition coefficient (Wildman–Crippen LogP) is 3.45. The number of carbonyl (C=O) groups excluding carboxylic acids is 1. The molecule has 0 aliphatic carbocycles. The lowest BCUT2D eigenvalue weighted by molar-refractivity contribution is 0.0948. The highest BCUT2D eigenvalue weighted by molar-refractivity contribution is 5.92. The van der Waals surface area contributed by atoms with E-state index in [4.69, 9.17) is 0 Å². The molecule has 2 N–H and O–H groups in total. The molecule has 1 aromatic heterocycles. The third-order valence-electron chi connectivity index (χ3n) is 3.18. The highest BCUT2D eigenvalue weighted by Crippen LogP contribution is 2.13. The van der Waals surface area contributed by atoms with Crippen molar-refractivity contribution in [1.29, 1.82) is 0 Å². The van der Waals surface area contributed by atoms with Crippen LogP contribution in [0.3, 0.4) is 0 Å². The molecule has 116 valence electrons. The van der Waals surface area contributed by atoms with Gasteiger partial charge in [-0.15, -0.1) is 0 Å². The summed E-state index contributed by atoms with van der Waals surface area (Å²) in [6, 6.07) is 11.4. The molecule has 0 unspecified atom stereocenters. The third-order valence-corrected chi connectivity index (χ3v) is 3.18. The first-order valence-corrected chi connectivity index (χ1v) is 7.65. The molecular formula is C17H22N4O. The first kappa shape index (κ1) is 15.9. The van der Waals surface area contributed by atoms with E-state index in [2.05, 4.69) is 27.5 Å². The molecule has 0 radical (unpaired) electrons. The Labute approximate surface area is 131 Å². The number of nitrogens with one attached hydrogen (secondary N) is 2. The molecular weight excluding hydrogens is 276 g/mol. The minimum Gasteiger partial charge on any atom is -0.351 e. The van der Waals surface area contributed by atoms with Crippen LogP contribution in [0.1, 0.15) is 42.4 Å². The Hall–Kier alpha value is -2.43. The second kappa shape index (κ2) is 8.12. The van der Waals surface area contributed by atoms with Crippen LogP contribution in [-0.2, 0) is 0 Å². The fraction of sp³-hybridized carbons (Fsp3) is 0.353. The first-order valence-electron chi connectivity index (χ1n) is 7.65. The molecule has 0 aliphatic rings. The number of para-hydroxylation sites is 1. The van der Waals surface area contributed by atoms with Gasteiger partial charge < -0.3 is 10.6 Å². The van der Waals surface area contributed by atoms with E-state index in [1.807, 2.05) is 37.3 Å². The van der Waals surface area contributed by atoms with Gasteiger partial charge >= 0.3 is 0 Å². The number of carbonyl (C=O) groups is 1. The molecule has 1 aromatic carbocycles. The summed E-state index contributed by atoms with van der Waals surface area (Å²) in [7, 11) is 0. The second-order valence-corrected chi connectivity index (χ2v) is 5.17. The Balaban J connectivity index is 2.04. The van der Waals surface area contributed by atoms with Gasteiger partial charge in [0.2, 0.25) is 5.95 Å². The molecule has 1 heterocycles. The lowest BCUT2D eigenvalue weighted by Crippen LogP contribution is -2.25. The van der Waals surface area contributed by atoms with Crippen molar-refractivity contribution >= 4 is 17.5 Å². The summed E-state index contributed by atoms with van der Waals surface area (Å²) in [5.74, 6) is 0.280. The molecule has 0 bridgehead atoms. The van der Waals surface area contributed by atoms with Crippen molar-refractivity contribution in [3.63, 3.8) is 0 Å². The Bertz CT molecular complexity index is 613. The largest absolute Gasteiger partial charge is 0.351 e. The molecule has 5 nitrogen and oxygen atoms in total. The number of unbranched alkanes of at least 4 members (excludes halogenated alkanes) is 2. The monoisotopic (exact) mass is 298 g/mol. The number of rotatable bonds is 7. The van der Waals surface area contributed by atoms with Crippen LogP contribution in [0.4, 0.5) is 11.6 Å². The standard InChI is InChI=1S/C17H22N4O/c1-3-4-8-11-18-16(22)15-12-13(2)19-17(21-15)20-14-9-6-5-7-10-14/h5-7,9-10,12H,3-4,8,11H2,1-2H3,(H,18,22)(H,19,20,21). The van der Waals surface area contributed by atoms with Gasteiger partial charge in [0, 0.05) is 17.9 Å². The van der Waals surface area contributed by atoms with Crippen LogP contribution >= 0.6 is 0 Å². The summed E-state index contributed by atoms with van der Waals surface area (Å²) in [5.41, 5.74) is 2.04. The van der Waals surface area contributed by atoms with E-state index in [-0.39, 0.29) is 5.91 Å². The van der Waals surface area contributed by atoms with Crippen molar-refractivity contribution in [3.05, 3.63) is 47.8 Å². The van der Waals surface area contributed by atoms with Crippen molar-refractivity contribution in [2.75, 3.05) is 11.9 Å². The normalized spacial score (nSPS) is 10.3. The van der Waals surface area contributed by atoms with Crippen molar-refractivity contribution in [2.24, 2.45) is 0 Å². The Morgan fingerprint density at radius 3 is 2.64 bits per heavy atom. The van der Waals surface area contributed by atoms with Crippen molar-refractivity contribution in [3.8, 4) is 0 Å².